The first-order valence-electron chi connectivity index (χ1n) is 6.59. The van der Waals surface area contributed by atoms with Crippen molar-refractivity contribution in [2.75, 3.05) is 45.9 Å². The van der Waals surface area contributed by atoms with Gasteiger partial charge < -0.3 is 9.26 Å². The van der Waals surface area contributed by atoms with Gasteiger partial charge in [-0.1, -0.05) is 5.16 Å². The molecule has 0 radical (unpaired) electrons. The van der Waals surface area contributed by atoms with E-state index >= 15 is 0 Å². The Bertz CT molecular complexity index is 348. The Hall–Kier alpha value is -0.980. The summed E-state index contributed by atoms with van der Waals surface area (Å²) < 4.78 is 10.5. The second-order valence-electron chi connectivity index (χ2n) is 4.55. The van der Waals surface area contributed by atoms with Crippen LogP contribution in [0.25, 0.3) is 0 Å². The molecule has 0 aliphatic carbocycles. The van der Waals surface area contributed by atoms with Gasteiger partial charge in [0, 0.05) is 39.3 Å². The van der Waals surface area contributed by atoms with Crippen LogP contribution in [-0.4, -0.2) is 65.9 Å². The zero-order chi connectivity index (χ0) is 12.8. The molecule has 102 valence electrons. The third kappa shape index (κ3) is 4.04. The molecule has 0 amide bonds. The van der Waals surface area contributed by atoms with Crippen molar-refractivity contribution >= 4 is 0 Å². The molecule has 1 aromatic rings. The average molecular weight is 254 g/mol. The maximum atomic E-state index is 5.37. The SMILES string of the molecule is CCOCCN1CCN(Cc2nc(C)no2)CC1. The molecule has 18 heavy (non-hydrogen) atoms. The summed E-state index contributed by atoms with van der Waals surface area (Å²) in [6.45, 7) is 11.6. The normalized spacial score (nSPS) is 18.3. The Morgan fingerprint density at radius 3 is 2.56 bits per heavy atom. The van der Waals surface area contributed by atoms with Gasteiger partial charge in [-0.25, -0.2) is 0 Å². The van der Waals surface area contributed by atoms with E-state index in [1.54, 1.807) is 0 Å². The summed E-state index contributed by atoms with van der Waals surface area (Å²) in [7, 11) is 0. The highest BCUT2D eigenvalue weighted by atomic mass is 16.5. The first-order chi connectivity index (χ1) is 8.78. The average Bonchev–Trinajstić information content (AvgIpc) is 2.77. The number of ether oxygens (including phenoxy) is 1. The fraction of sp³-hybridized carbons (Fsp3) is 0.833. The Morgan fingerprint density at radius 1 is 1.22 bits per heavy atom. The van der Waals surface area contributed by atoms with Crippen molar-refractivity contribution in [1.29, 1.82) is 0 Å². The summed E-state index contributed by atoms with van der Waals surface area (Å²) in [5, 5.41) is 3.81. The molecular weight excluding hydrogens is 232 g/mol. The molecule has 0 spiro atoms. The highest BCUT2D eigenvalue weighted by molar-refractivity contribution is 4.84. The second-order valence-corrected chi connectivity index (χ2v) is 4.55. The van der Waals surface area contributed by atoms with Crippen LogP contribution in [-0.2, 0) is 11.3 Å². The summed E-state index contributed by atoms with van der Waals surface area (Å²) in [5.41, 5.74) is 0. The van der Waals surface area contributed by atoms with E-state index in [0.29, 0.717) is 5.82 Å². The van der Waals surface area contributed by atoms with Crippen LogP contribution in [0.1, 0.15) is 18.6 Å². The van der Waals surface area contributed by atoms with Gasteiger partial charge >= 0.3 is 0 Å². The second kappa shape index (κ2) is 6.82. The molecular formula is C12H22N4O2. The standard InChI is InChI=1S/C12H22N4O2/c1-3-17-9-8-15-4-6-16(7-5-15)10-12-13-11(2)14-18-12/h3-10H2,1-2H3. The molecule has 1 saturated heterocycles. The molecule has 0 aromatic carbocycles. The van der Waals surface area contributed by atoms with Crippen molar-refractivity contribution in [1.82, 2.24) is 19.9 Å². The molecule has 1 aliphatic heterocycles. The Morgan fingerprint density at radius 2 is 1.94 bits per heavy atom. The lowest BCUT2D eigenvalue weighted by atomic mass is 10.3. The molecule has 0 atom stereocenters. The number of aromatic nitrogens is 2. The first kappa shape index (κ1) is 13.5. The van der Waals surface area contributed by atoms with Gasteiger partial charge in [0.15, 0.2) is 5.82 Å². The van der Waals surface area contributed by atoms with Crippen LogP contribution in [0.3, 0.4) is 0 Å². The monoisotopic (exact) mass is 254 g/mol. The number of hydrogen-bond acceptors (Lipinski definition) is 6. The highest BCUT2D eigenvalue weighted by Crippen LogP contribution is 2.06. The van der Waals surface area contributed by atoms with E-state index in [2.05, 4.69) is 19.9 Å². The lowest BCUT2D eigenvalue weighted by molar-refractivity contribution is 0.0749. The van der Waals surface area contributed by atoms with Crippen LogP contribution in [0.2, 0.25) is 0 Å². The fourth-order valence-corrected chi connectivity index (χ4v) is 2.10. The third-order valence-electron chi connectivity index (χ3n) is 3.15. The van der Waals surface area contributed by atoms with Gasteiger partial charge in [-0.05, 0) is 13.8 Å². The van der Waals surface area contributed by atoms with Crippen molar-refractivity contribution in [3.05, 3.63) is 11.7 Å². The number of piperazine rings is 1. The molecule has 0 unspecified atom stereocenters. The Labute approximate surface area is 108 Å². The first-order valence-corrected chi connectivity index (χ1v) is 6.59. The van der Waals surface area contributed by atoms with Crippen LogP contribution in [0.5, 0.6) is 0 Å². The zero-order valence-electron chi connectivity index (χ0n) is 11.3. The maximum absolute atomic E-state index is 5.37. The predicted molar refractivity (Wildman–Crippen MR) is 67.2 cm³/mol. The van der Waals surface area contributed by atoms with Gasteiger partial charge in [0.1, 0.15) is 0 Å². The fourth-order valence-electron chi connectivity index (χ4n) is 2.10. The minimum atomic E-state index is 0.709. The Kier molecular flexibility index (Phi) is 5.10. The molecule has 0 N–H and O–H groups in total. The smallest absolute Gasteiger partial charge is 0.240 e. The van der Waals surface area contributed by atoms with E-state index in [9.17, 15) is 0 Å². The lowest BCUT2D eigenvalue weighted by Gasteiger charge is -2.33. The van der Waals surface area contributed by atoms with Gasteiger partial charge in [-0.3, -0.25) is 9.80 Å². The molecule has 1 fully saturated rings. The zero-order valence-corrected chi connectivity index (χ0v) is 11.3. The molecule has 1 aliphatic rings. The summed E-state index contributed by atoms with van der Waals surface area (Å²) in [6.07, 6.45) is 0. The summed E-state index contributed by atoms with van der Waals surface area (Å²) >= 11 is 0. The third-order valence-corrected chi connectivity index (χ3v) is 3.15. The van der Waals surface area contributed by atoms with Crippen molar-refractivity contribution in [3.8, 4) is 0 Å². The number of nitrogens with zero attached hydrogens (tertiary/aromatic N) is 4. The molecule has 0 saturated carbocycles. The number of hydrogen-bond donors (Lipinski definition) is 0. The molecule has 6 heteroatoms. The lowest BCUT2D eigenvalue weighted by Crippen LogP contribution is -2.46. The Balaban J connectivity index is 1.67. The van der Waals surface area contributed by atoms with Gasteiger partial charge in [0.05, 0.1) is 13.2 Å². The summed E-state index contributed by atoms with van der Waals surface area (Å²) in [4.78, 5) is 9.02. The van der Waals surface area contributed by atoms with Crippen molar-refractivity contribution < 1.29 is 9.26 Å². The van der Waals surface area contributed by atoms with E-state index in [4.69, 9.17) is 9.26 Å². The molecule has 0 bridgehead atoms. The topological polar surface area (TPSA) is 54.6 Å². The van der Waals surface area contributed by atoms with Gasteiger partial charge in [-0.15, -0.1) is 0 Å². The van der Waals surface area contributed by atoms with E-state index in [0.717, 1.165) is 58.4 Å². The molecule has 2 heterocycles. The van der Waals surface area contributed by atoms with Gasteiger partial charge in [0.25, 0.3) is 0 Å². The van der Waals surface area contributed by atoms with Crippen LogP contribution < -0.4 is 0 Å². The minimum absolute atomic E-state index is 0.709. The molecule has 2 rings (SSSR count). The highest BCUT2D eigenvalue weighted by Gasteiger charge is 2.18. The van der Waals surface area contributed by atoms with E-state index in [-0.39, 0.29) is 0 Å². The van der Waals surface area contributed by atoms with Crippen LogP contribution in [0.4, 0.5) is 0 Å². The van der Waals surface area contributed by atoms with Gasteiger partial charge in [0.2, 0.25) is 5.89 Å². The van der Waals surface area contributed by atoms with E-state index in [1.807, 2.05) is 13.8 Å². The number of aryl methyl sites for hydroxylation is 1. The molecule has 1 aromatic heterocycles. The van der Waals surface area contributed by atoms with Crippen LogP contribution in [0, 0.1) is 6.92 Å². The maximum Gasteiger partial charge on any atom is 0.240 e. The van der Waals surface area contributed by atoms with Crippen molar-refractivity contribution in [2.45, 2.75) is 20.4 Å². The quantitative estimate of drug-likeness (QED) is 0.690. The summed E-state index contributed by atoms with van der Waals surface area (Å²) in [6, 6.07) is 0. The van der Waals surface area contributed by atoms with Crippen molar-refractivity contribution in [2.24, 2.45) is 0 Å². The van der Waals surface area contributed by atoms with Crippen LogP contribution >= 0.6 is 0 Å². The largest absolute Gasteiger partial charge is 0.380 e. The molecule has 6 nitrogen and oxygen atoms in total. The summed E-state index contributed by atoms with van der Waals surface area (Å²) in [5.74, 6) is 1.43. The minimum Gasteiger partial charge on any atom is -0.380 e. The van der Waals surface area contributed by atoms with Crippen molar-refractivity contribution in [3.63, 3.8) is 0 Å². The van der Waals surface area contributed by atoms with E-state index in [1.165, 1.54) is 0 Å². The predicted octanol–water partition coefficient (Wildman–Crippen LogP) is 0.532. The van der Waals surface area contributed by atoms with Gasteiger partial charge in [-0.2, -0.15) is 4.98 Å². The number of rotatable bonds is 6. The van der Waals surface area contributed by atoms with Crippen LogP contribution in [0.15, 0.2) is 4.52 Å². The van der Waals surface area contributed by atoms with E-state index < -0.39 is 0 Å².